The van der Waals surface area contributed by atoms with Crippen molar-refractivity contribution in [3.05, 3.63) is 29.3 Å². The Kier molecular flexibility index (Phi) is 3.42. The third-order valence-electron chi connectivity index (χ3n) is 0.958. The van der Waals surface area contributed by atoms with E-state index in [0.717, 1.165) is 9.92 Å². The molecule has 1 aromatic carbocycles. The maximum Gasteiger partial charge on any atom is 0.0406 e. The minimum Gasteiger partial charge on any atom is -0.268 e. The molecule has 0 aromatic heterocycles. The zero-order chi connectivity index (χ0) is 7.40. The molecule has 0 saturated heterocycles. The summed E-state index contributed by atoms with van der Waals surface area (Å²) in [7, 11) is 2.75. The van der Waals surface area contributed by atoms with Crippen LogP contribution in [0.5, 0.6) is 0 Å². The van der Waals surface area contributed by atoms with Gasteiger partial charge in [-0.3, -0.25) is 5.14 Å². The van der Waals surface area contributed by atoms with Crippen LogP contribution in [-0.2, 0) is 0 Å². The fourth-order valence-electron chi connectivity index (χ4n) is 0.546. The van der Waals surface area contributed by atoms with Crippen molar-refractivity contribution in [3.8, 4) is 0 Å². The molecule has 1 nitrogen and oxygen atoms in total. The van der Waals surface area contributed by atoms with Gasteiger partial charge in [0.1, 0.15) is 0 Å². The van der Waals surface area contributed by atoms with Gasteiger partial charge in [-0.2, -0.15) is 0 Å². The first-order valence-corrected chi connectivity index (χ1v) is 5.21. The first-order chi connectivity index (χ1) is 4.83. The Hall–Kier alpha value is 0.170. The third kappa shape index (κ3) is 2.42. The lowest BCUT2D eigenvalue weighted by molar-refractivity contribution is 1.48. The molecule has 0 fully saturated rings. The van der Waals surface area contributed by atoms with E-state index in [1.807, 2.05) is 24.3 Å². The summed E-state index contributed by atoms with van der Waals surface area (Å²) in [6, 6.07) is 7.57. The number of rotatable bonds is 2. The Morgan fingerprint density at radius 3 is 2.30 bits per heavy atom. The van der Waals surface area contributed by atoms with Gasteiger partial charge in [0, 0.05) is 9.92 Å². The predicted octanol–water partition coefficient (Wildman–Crippen LogP) is 2.95. The molecule has 0 spiro atoms. The summed E-state index contributed by atoms with van der Waals surface area (Å²) >= 11 is 5.66. The van der Waals surface area contributed by atoms with Gasteiger partial charge in [-0.25, -0.2) is 0 Å². The van der Waals surface area contributed by atoms with Crippen molar-refractivity contribution in [3.63, 3.8) is 0 Å². The summed E-state index contributed by atoms with van der Waals surface area (Å²) in [5.41, 5.74) is 0. The molecule has 0 saturated carbocycles. The SMILES string of the molecule is NSSc1ccc(Cl)cc1. The van der Waals surface area contributed by atoms with Gasteiger partial charge in [0.15, 0.2) is 0 Å². The number of benzene rings is 1. The first-order valence-electron chi connectivity index (χ1n) is 2.62. The van der Waals surface area contributed by atoms with E-state index < -0.39 is 0 Å². The fraction of sp³-hybridized carbons (Fsp3) is 0. The Morgan fingerprint density at radius 2 is 1.80 bits per heavy atom. The zero-order valence-corrected chi connectivity index (χ0v) is 7.47. The number of hydrogen-bond donors (Lipinski definition) is 1. The first kappa shape index (κ1) is 8.27. The summed E-state index contributed by atoms with van der Waals surface area (Å²) in [6.07, 6.45) is 0. The van der Waals surface area contributed by atoms with Crippen LogP contribution in [0.1, 0.15) is 0 Å². The maximum absolute atomic E-state index is 5.66. The summed E-state index contributed by atoms with van der Waals surface area (Å²) < 4.78 is 0. The molecule has 0 aliphatic rings. The number of nitrogens with two attached hydrogens (primary N) is 1. The van der Waals surface area contributed by atoms with E-state index >= 15 is 0 Å². The van der Waals surface area contributed by atoms with Crippen LogP contribution in [0, 0.1) is 0 Å². The summed E-state index contributed by atoms with van der Waals surface area (Å²) in [5.74, 6) is 0. The number of halogens is 1. The highest BCUT2D eigenvalue weighted by Crippen LogP contribution is 2.26. The van der Waals surface area contributed by atoms with Crippen LogP contribution in [-0.4, -0.2) is 0 Å². The van der Waals surface area contributed by atoms with Crippen LogP contribution in [0.4, 0.5) is 0 Å². The lowest BCUT2D eigenvalue weighted by Crippen LogP contribution is -1.71. The lowest BCUT2D eigenvalue weighted by Gasteiger charge is -1.94. The molecule has 1 rings (SSSR count). The molecule has 0 unspecified atom stereocenters. The Balaban J connectivity index is 2.69. The highest BCUT2D eigenvalue weighted by atomic mass is 35.5. The Labute approximate surface area is 72.9 Å². The normalized spacial score (nSPS) is 9.80. The van der Waals surface area contributed by atoms with E-state index in [9.17, 15) is 0 Å². The smallest absolute Gasteiger partial charge is 0.0406 e. The molecule has 54 valence electrons. The van der Waals surface area contributed by atoms with Crippen molar-refractivity contribution in [1.29, 1.82) is 0 Å². The molecule has 2 N–H and O–H groups in total. The van der Waals surface area contributed by atoms with Crippen LogP contribution >= 0.6 is 33.4 Å². The summed E-state index contributed by atoms with van der Waals surface area (Å²) in [4.78, 5) is 1.12. The van der Waals surface area contributed by atoms with Gasteiger partial charge in [0.2, 0.25) is 0 Å². The lowest BCUT2D eigenvalue weighted by atomic mass is 10.4. The van der Waals surface area contributed by atoms with Crippen LogP contribution in [0.15, 0.2) is 29.2 Å². The second-order valence-electron chi connectivity index (χ2n) is 1.63. The molecule has 0 bridgehead atoms. The van der Waals surface area contributed by atoms with Crippen molar-refractivity contribution < 1.29 is 0 Å². The topological polar surface area (TPSA) is 26.0 Å². The maximum atomic E-state index is 5.66. The third-order valence-corrected chi connectivity index (χ3v) is 2.64. The molecule has 10 heavy (non-hydrogen) atoms. The van der Waals surface area contributed by atoms with E-state index in [0.29, 0.717) is 0 Å². The van der Waals surface area contributed by atoms with Gasteiger partial charge in [-0.15, -0.1) is 0 Å². The van der Waals surface area contributed by atoms with E-state index in [1.54, 1.807) is 0 Å². The van der Waals surface area contributed by atoms with Crippen molar-refractivity contribution >= 4 is 33.4 Å². The zero-order valence-electron chi connectivity index (χ0n) is 5.08. The molecule has 0 heterocycles. The van der Waals surface area contributed by atoms with Crippen LogP contribution in [0.25, 0.3) is 0 Å². The standard InChI is InChI=1S/C6H6ClNS2/c7-5-1-3-6(4-2-5)9-10-8/h1-4H,8H2. The van der Waals surface area contributed by atoms with E-state index in [1.165, 1.54) is 21.8 Å². The largest absolute Gasteiger partial charge is 0.268 e. The van der Waals surface area contributed by atoms with Crippen molar-refractivity contribution in [2.24, 2.45) is 5.14 Å². The van der Waals surface area contributed by atoms with Gasteiger partial charge >= 0.3 is 0 Å². The van der Waals surface area contributed by atoms with Crippen molar-refractivity contribution in [1.82, 2.24) is 0 Å². The van der Waals surface area contributed by atoms with Gasteiger partial charge in [0.05, 0.1) is 0 Å². The molecule has 1 aromatic rings. The van der Waals surface area contributed by atoms with Crippen molar-refractivity contribution in [2.75, 3.05) is 0 Å². The quantitative estimate of drug-likeness (QED) is 0.575. The average molecular weight is 192 g/mol. The van der Waals surface area contributed by atoms with E-state index in [-0.39, 0.29) is 0 Å². The summed E-state index contributed by atoms with van der Waals surface area (Å²) in [6.45, 7) is 0. The highest BCUT2D eigenvalue weighted by molar-refractivity contribution is 8.75. The highest BCUT2D eigenvalue weighted by Gasteiger charge is 1.90. The molecule has 0 aliphatic carbocycles. The van der Waals surface area contributed by atoms with Crippen LogP contribution < -0.4 is 5.14 Å². The van der Waals surface area contributed by atoms with Gasteiger partial charge in [0.25, 0.3) is 0 Å². The number of hydrogen-bond acceptors (Lipinski definition) is 3. The Morgan fingerprint density at radius 1 is 1.20 bits per heavy atom. The molecule has 4 heteroatoms. The van der Waals surface area contributed by atoms with Crippen molar-refractivity contribution in [2.45, 2.75) is 4.90 Å². The minimum atomic E-state index is 0.756. The van der Waals surface area contributed by atoms with Crippen LogP contribution in [0.2, 0.25) is 5.02 Å². The van der Waals surface area contributed by atoms with Crippen LogP contribution in [0.3, 0.4) is 0 Å². The van der Waals surface area contributed by atoms with Gasteiger partial charge in [-0.1, -0.05) is 11.6 Å². The fourth-order valence-corrected chi connectivity index (χ4v) is 1.70. The molecule has 0 atom stereocenters. The van der Waals surface area contributed by atoms with E-state index in [4.69, 9.17) is 16.7 Å². The molecule has 0 amide bonds. The molecular formula is C6H6ClNS2. The molecular weight excluding hydrogens is 186 g/mol. The minimum absolute atomic E-state index is 0.756. The molecule has 0 radical (unpaired) electrons. The predicted molar refractivity (Wildman–Crippen MR) is 49.1 cm³/mol. The monoisotopic (exact) mass is 191 g/mol. The second-order valence-corrected chi connectivity index (χ2v) is 3.98. The Bertz CT molecular complexity index is 199. The summed E-state index contributed by atoms with van der Waals surface area (Å²) in [5, 5.41) is 6.00. The average Bonchev–Trinajstić information content (AvgIpc) is 1.95. The second kappa shape index (κ2) is 4.13. The molecule has 0 aliphatic heterocycles. The van der Waals surface area contributed by atoms with E-state index in [2.05, 4.69) is 0 Å². The van der Waals surface area contributed by atoms with Gasteiger partial charge in [-0.05, 0) is 46.0 Å². The van der Waals surface area contributed by atoms with Gasteiger partial charge < -0.3 is 0 Å².